The van der Waals surface area contributed by atoms with Crippen molar-refractivity contribution in [2.45, 2.75) is 19.8 Å². The predicted molar refractivity (Wildman–Crippen MR) is 36.8 cm³/mol. The van der Waals surface area contributed by atoms with Gasteiger partial charge in [-0.25, -0.2) is 0 Å². The molecule has 0 unspecified atom stereocenters. The molecule has 0 aliphatic carbocycles. The number of methoxy groups -OCH3 is 1. The number of Topliss-reactive ketones (excluding diaryl/α,β-unsaturated/α-hetero) is 2. The summed E-state index contributed by atoms with van der Waals surface area (Å²) < 4.78 is 4.55. The van der Waals surface area contributed by atoms with Gasteiger partial charge >= 0.3 is 0 Å². The van der Waals surface area contributed by atoms with Crippen LogP contribution in [0.5, 0.6) is 0 Å². The van der Waals surface area contributed by atoms with Crippen molar-refractivity contribution in [3.63, 3.8) is 0 Å². The monoisotopic (exact) mass is 144 g/mol. The van der Waals surface area contributed by atoms with Gasteiger partial charge in [0.05, 0.1) is 6.42 Å². The van der Waals surface area contributed by atoms with Crippen molar-refractivity contribution < 1.29 is 14.3 Å². The van der Waals surface area contributed by atoms with Gasteiger partial charge in [0.1, 0.15) is 12.4 Å². The Morgan fingerprint density at radius 1 is 1.30 bits per heavy atom. The molecule has 0 spiro atoms. The van der Waals surface area contributed by atoms with Gasteiger partial charge in [-0.2, -0.15) is 0 Å². The van der Waals surface area contributed by atoms with E-state index in [9.17, 15) is 9.59 Å². The zero-order valence-electron chi connectivity index (χ0n) is 6.35. The van der Waals surface area contributed by atoms with Crippen LogP contribution in [-0.4, -0.2) is 25.3 Å². The second-order valence-corrected chi connectivity index (χ2v) is 2.04. The van der Waals surface area contributed by atoms with Crippen LogP contribution in [0.4, 0.5) is 0 Å². The molecule has 0 fully saturated rings. The van der Waals surface area contributed by atoms with Gasteiger partial charge in [0.15, 0.2) is 5.78 Å². The van der Waals surface area contributed by atoms with Crippen molar-refractivity contribution in [1.29, 1.82) is 0 Å². The minimum atomic E-state index is -0.144. The Morgan fingerprint density at radius 3 is 2.30 bits per heavy atom. The van der Waals surface area contributed by atoms with E-state index in [1.165, 1.54) is 7.11 Å². The molecule has 0 aliphatic heterocycles. The van der Waals surface area contributed by atoms with Crippen LogP contribution < -0.4 is 0 Å². The molecule has 0 aromatic rings. The fourth-order valence-electron chi connectivity index (χ4n) is 0.557. The van der Waals surface area contributed by atoms with Crippen LogP contribution in [0.3, 0.4) is 0 Å². The van der Waals surface area contributed by atoms with Gasteiger partial charge in [0, 0.05) is 13.5 Å². The quantitative estimate of drug-likeness (QED) is 0.530. The zero-order valence-corrected chi connectivity index (χ0v) is 6.35. The van der Waals surface area contributed by atoms with Crippen LogP contribution in [-0.2, 0) is 14.3 Å². The van der Waals surface area contributed by atoms with Gasteiger partial charge in [0.25, 0.3) is 0 Å². The lowest BCUT2D eigenvalue weighted by atomic mass is 10.2. The first-order chi connectivity index (χ1) is 4.70. The van der Waals surface area contributed by atoms with Gasteiger partial charge in [-0.3, -0.25) is 9.59 Å². The molecule has 0 atom stereocenters. The van der Waals surface area contributed by atoms with Crippen molar-refractivity contribution in [2.24, 2.45) is 0 Å². The first kappa shape index (κ1) is 9.30. The number of rotatable bonds is 5. The molecule has 0 aromatic carbocycles. The third-order valence-electron chi connectivity index (χ3n) is 1.09. The Labute approximate surface area is 60.4 Å². The molecule has 0 rings (SSSR count). The lowest BCUT2D eigenvalue weighted by molar-refractivity contribution is -0.128. The number of carbonyl (C=O) groups is 2. The van der Waals surface area contributed by atoms with Gasteiger partial charge in [-0.1, -0.05) is 6.92 Å². The van der Waals surface area contributed by atoms with Crippen molar-refractivity contribution in [2.75, 3.05) is 13.7 Å². The van der Waals surface area contributed by atoms with Crippen LogP contribution in [0.15, 0.2) is 0 Å². The lowest BCUT2D eigenvalue weighted by Crippen LogP contribution is -2.11. The van der Waals surface area contributed by atoms with Gasteiger partial charge in [-0.15, -0.1) is 0 Å². The largest absolute Gasteiger partial charge is 0.377 e. The smallest absolute Gasteiger partial charge is 0.165 e. The Hall–Kier alpha value is -0.700. The van der Waals surface area contributed by atoms with Crippen molar-refractivity contribution in [3.05, 3.63) is 0 Å². The molecular formula is C7H12O3. The average molecular weight is 144 g/mol. The van der Waals surface area contributed by atoms with Crippen molar-refractivity contribution in [3.8, 4) is 0 Å². The Bertz CT molecular complexity index is 129. The lowest BCUT2D eigenvalue weighted by Gasteiger charge is -1.95. The Balaban J connectivity index is 3.47. The minimum Gasteiger partial charge on any atom is -0.377 e. The molecule has 0 radical (unpaired) electrons. The highest BCUT2D eigenvalue weighted by atomic mass is 16.5. The van der Waals surface area contributed by atoms with Gasteiger partial charge in [-0.05, 0) is 0 Å². The van der Waals surface area contributed by atoms with Crippen molar-refractivity contribution >= 4 is 11.6 Å². The molecule has 0 aromatic heterocycles. The van der Waals surface area contributed by atoms with Gasteiger partial charge < -0.3 is 4.74 Å². The molecule has 0 saturated carbocycles. The fraction of sp³-hybridized carbons (Fsp3) is 0.714. The molecular weight excluding hydrogens is 132 g/mol. The van der Waals surface area contributed by atoms with Gasteiger partial charge in [0.2, 0.25) is 0 Å². The van der Waals surface area contributed by atoms with E-state index in [0.717, 1.165) is 0 Å². The Morgan fingerprint density at radius 2 is 1.90 bits per heavy atom. The van der Waals surface area contributed by atoms with E-state index in [-0.39, 0.29) is 24.6 Å². The molecule has 0 heterocycles. The summed E-state index contributed by atoms with van der Waals surface area (Å²) in [6, 6.07) is 0. The summed E-state index contributed by atoms with van der Waals surface area (Å²) in [7, 11) is 1.44. The highest BCUT2D eigenvalue weighted by Gasteiger charge is 2.05. The maximum atomic E-state index is 10.7. The summed E-state index contributed by atoms with van der Waals surface area (Å²) in [5.74, 6) is -0.170. The highest BCUT2D eigenvalue weighted by Crippen LogP contribution is 1.90. The molecule has 0 bridgehead atoms. The van der Waals surface area contributed by atoms with E-state index in [2.05, 4.69) is 4.74 Å². The first-order valence-electron chi connectivity index (χ1n) is 3.23. The summed E-state index contributed by atoms with van der Waals surface area (Å²) in [6.07, 6.45) is 0.444. The number of carbonyl (C=O) groups excluding carboxylic acids is 2. The van der Waals surface area contributed by atoms with Crippen LogP contribution in [0.2, 0.25) is 0 Å². The third kappa shape index (κ3) is 4.21. The zero-order chi connectivity index (χ0) is 7.98. The first-order valence-corrected chi connectivity index (χ1v) is 3.23. The highest BCUT2D eigenvalue weighted by molar-refractivity contribution is 5.99. The molecule has 3 heteroatoms. The molecule has 3 nitrogen and oxygen atoms in total. The summed E-state index contributed by atoms with van der Waals surface area (Å²) in [4.78, 5) is 21.3. The van der Waals surface area contributed by atoms with E-state index in [4.69, 9.17) is 0 Å². The molecule has 0 aliphatic rings. The second-order valence-electron chi connectivity index (χ2n) is 2.04. The molecule has 0 N–H and O–H groups in total. The van der Waals surface area contributed by atoms with Crippen LogP contribution in [0.1, 0.15) is 19.8 Å². The Kier molecular flexibility index (Phi) is 4.76. The van der Waals surface area contributed by atoms with E-state index < -0.39 is 0 Å². The number of ether oxygens (including phenoxy) is 1. The second kappa shape index (κ2) is 5.11. The predicted octanol–water partition coefficient (Wildman–Crippen LogP) is 0.571. The minimum absolute atomic E-state index is 0.0182. The number of ketones is 2. The molecule has 0 saturated heterocycles. The molecule has 58 valence electrons. The fourth-order valence-corrected chi connectivity index (χ4v) is 0.557. The topological polar surface area (TPSA) is 43.4 Å². The van der Waals surface area contributed by atoms with E-state index in [0.29, 0.717) is 6.42 Å². The summed E-state index contributed by atoms with van der Waals surface area (Å²) in [6.45, 7) is 1.79. The summed E-state index contributed by atoms with van der Waals surface area (Å²) >= 11 is 0. The average Bonchev–Trinajstić information content (AvgIpc) is 1.88. The van der Waals surface area contributed by atoms with Crippen molar-refractivity contribution in [1.82, 2.24) is 0 Å². The maximum absolute atomic E-state index is 10.7. The summed E-state index contributed by atoms with van der Waals surface area (Å²) in [5.41, 5.74) is 0. The molecule has 10 heavy (non-hydrogen) atoms. The standard InChI is InChI=1S/C7H12O3/c1-3-6(8)4-7(9)5-10-2/h3-5H2,1-2H3. The summed E-state index contributed by atoms with van der Waals surface area (Å²) in [5, 5.41) is 0. The van der Waals surface area contributed by atoms with E-state index in [1.54, 1.807) is 6.92 Å². The number of hydrogen-bond donors (Lipinski definition) is 0. The van der Waals surface area contributed by atoms with Crippen LogP contribution in [0, 0.1) is 0 Å². The van der Waals surface area contributed by atoms with Crippen LogP contribution >= 0.6 is 0 Å². The van der Waals surface area contributed by atoms with E-state index in [1.807, 2.05) is 0 Å². The third-order valence-corrected chi connectivity index (χ3v) is 1.09. The van der Waals surface area contributed by atoms with Crippen LogP contribution in [0.25, 0.3) is 0 Å². The normalized spacial score (nSPS) is 9.40. The number of hydrogen-bond acceptors (Lipinski definition) is 3. The molecule has 0 amide bonds. The SMILES string of the molecule is CCC(=O)CC(=O)COC. The van der Waals surface area contributed by atoms with E-state index >= 15 is 0 Å². The maximum Gasteiger partial charge on any atom is 0.165 e.